The van der Waals surface area contributed by atoms with Crippen LogP contribution in [0.4, 0.5) is 10.5 Å². The SMILES string of the molecule is CCS(=O)(=O)c1ccc(NC(=O)NC2CCC(C(=O)O)CC2)cc1. The molecule has 0 atom stereocenters. The van der Waals surface area contributed by atoms with Gasteiger partial charge < -0.3 is 15.7 Å². The molecule has 1 fully saturated rings. The van der Waals surface area contributed by atoms with Gasteiger partial charge in [-0.15, -0.1) is 0 Å². The molecule has 0 aromatic heterocycles. The second kappa shape index (κ2) is 7.65. The molecule has 132 valence electrons. The number of carbonyl (C=O) groups excluding carboxylic acids is 1. The van der Waals surface area contributed by atoms with Crippen molar-refractivity contribution in [1.82, 2.24) is 5.32 Å². The lowest BCUT2D eigenvalue weighted by atomic mass is 9.86. The van der Waals surface area contributed by atoms with Crippen LogP contribution < -0.4 is 10.6 Å². The van der Waals surface area contributed by atoms with Crippen LogP contribution in [-0.2, 0) is 14.6 Å². The summed E-state index contributed by atoms with van der Waals surface area (Å²) in [6.07, 6.45) is 2.39. The van der Waals surface area contributed by atoms with Crippen molar-refractivity contribution < 1.29 is 23.1 Å². The maximum absolute atomic E-state index is 12.0. The Kier molecular flexibility index (Phi) is 5.82. The van der Waals surface area contributed by atoms with Gasteiger partial charge in [0.05, 0.1) is 16.6 Å². The fourth-order valence-electron chi connectivity index (χ4n) is 2.75. The number of amides is 2. The first kappa shape index (κ1) is 18.3. The lowest BCUT2D eigenvalue weighted by molar-refractivity contribution is -0.142. The summed E-state index contributed by atoms with van der Waals surface area (Å²) < 4.78 is 23.5. The molecule has 0 aliphatic heterocycles. The summed E-state index contributed by atoms with van der Waals surface area (Å²) in [5, 5.41) is 14.4. The zero-order valence-electron chi connectivity index (χ0n) is 13.5. The molecule has 1 aromatic rings. The summed E-state index contributed by atoms with van der Waals surface area (Å²) in [4.78, 5) is 23.1. The number of hydrogen-bond acceptors (Lipinski definition) is 4. The molecule has 2 amide bonds. The molecule has 1 aromatic carbocycles. The van der Waals surface area contributed by atoms with Crippen LogP contribution in [0.3, 0.4) is 0 Å². The highest BCUT2D eigenvalue weighted by Gasteiger charge is 2.26. The minimum absolute atomic E-state index is 0.0271. The van der Waals surface area contributed by atoms with Gasteiger partial charge in [0.1, 0.15) is 0 Å². The number of benzene rings is 1. The molecule has 0 spiro atoms. The molecular formula is C16H22N2O5S. The molecule has 8 heteroatoms. The van der Waals surface area contributed by atoms with E-state index in [0.717, 1.165) is 0 Å². The van der Waals surface area contributed by atoms with Gasteiger partial charge in [0.2, 0.25) is 0 Å². The topological polar surface area (TPSA) is 113 Å². The Bertz CT molecular complexity index is 692. The van der Waals surface area contributed by atoms with Gasteiger partial charge in [-0.25, -0.2) is 13.2 Å². The number of carboxylic acids is 1. The fraction of sp³-hybridized carbons (Fsp3) is 0.500. The highest BCUT2D eigenvalue weighted by Crippen LogP contribution is 2.24. The van der Waals surface area contributed by atoms with Crippen molar-refractivity contribution in [2.24, 2.45) is 5.92 Å². The number of rotatable bonds is 5. The Morgan fingerprint density at radius 3 is 2.21 bits per heavy atom. The van der Waals surface area contributed by atoms with Gasteiger partial charge in [0.25, 0.3) is 0 Å². The number of nitrogens with one attached hydrogen (secondary N) is 2. The van der Waals surface area contributed by atoms with E-state index in [1.807, 2.05) is 0 Å². The van der Waals surface area contributed by atoms with Crippen molar-refractivity contribution in [3.05, 3.63) is 24.3 Å². The standard InChI is InChI=1S/C16H22N2O5S/c1-2-24(22,23)14-9-7-13(8-10-14)18-16(21)17-12-5-3-11(4-6-12)15(19)20/h7-12H,2-6H2,1H3,(H,19,20)(H2,17,18,21). The maximum atomic E-state index is 12.0. The van der Waals surface area contributed by atoms with Crippen LogP contribution in [0.5, 0.6) is 0 Å². The van der Waals surface area contributed by atoms with Crippen LogP contribution in [0.2, 0.25) is 0 Å². The molecule has 2 rings (SSSR count). The molecular weight excluding hydrogens is 332 g/mol. The molecule has 1 saturated carbocycles. The van der Waals surface area contributed by atoms with Gasteiger partial charge in [0, 0.05) is 11.7 Å². The second-order valence-corrected chi connectivity index (χ2v) is 8.19. The number of anilines is 1. The Balaban J connectivity index is 1.86. The van der Waals surface area contributed by atoms with E-state index in [0.29, 0.717) is 31.4 Å². The van der Waals surface area contributed by atoms with Crippen LogP contribution in [0.25, 0.3) is 0 Å². The van der Waals surface area contributed by atoms with Gasteiger partial charge in [0.15, 0.2) is 9.84 Å². The number of sulfone groups is 1. The molecule has 7 nitrogen and oxygen atoms in total. The van der Waals surface area contributed by atoms with Crippen molar-refractivity contribution in [1.29, 1.82) is 0 Å². The van der Waals surface area contributed by atoms with Crippen LogP contribution in [0.1, 0.15) is 32.6 Å². The predicted octanol–water partition coefficient (Wildman–Crippen LogP) is 2.25. The number of carbonyl (C=O) groups is 2. The molecule has 0 unspecified atom stereocenters. The predicted molar refractivity (Wildman–Crippen MR) is 89.7 cm³/mol. The monoisotopic (exact) mass is 354 g/mol. The van der Waals surface area contributed by atoms with Gasteiger partial charge >= 0.3 is 12.0 Å². The first-order valence-corrected chi connectivity index (χ1v) is 9.60. The van der Waals surface area contributed by atoms with E-state index >= 15 is 0 Å². The Morgan fingerprint density at radius 1 is 1.12 bits per heavy atom. The average Bonchev–Trinajstić information content (AvgIpc) is 2.55. The van der Waals surface area contributed by atoms with Gasteiger partial charge in [-0.05, 0) is 49.9 Å². The van der Waals surface area contributed by atoms with Crippen molar-refractivity contribution >= 4 is 27.5 Å². The zero-order valence-corrected chi connectivity index (χ0v) is 14.3. The van der Waals surface area contributed by atoms with E-state index < -0.39 is 15.8 Å². The largest absolute Gasteiger partial charge is 0.481 e. The van der Waals surface area contributed by atoms with E-state index in [9.17, 15) is 18.0 Å². The lowest BCUT2D eigenvalue weighted by Gasteiger charge is -2.26. The third kappa shape index (κ3) is 4.70. The summed E-state index contributed by atoms with van der Waals surface area (Å²) in [6.45, 7) is 1.58. The molecule has 0 saturated heterocycles. The summed E-state index contributed by atoms with van der Waals surface area (Å²) in [6, 6.07) is 5.60. The van der Waals surface area contributed by atoms with Gasteiger partial charge in [-0.3, -0.25) is 4.79 Å². The van der Waals surface area contributed by atoms with Crippen LogP contribution >= 0.6 is 0 Å². The molecule has 1 aliphatic rings. The van der Waals surface area contributed by atoms with Crippen LogP contribution in [0, 0.1) is 5.92 Å². The number of hydrogen-bond donors (Lipinski definition) is 3. The zero-order chi connectivity index (χ0) is 17.7. The smallest absolute Gasteiger partial charge is 0.319 e. The minimum Gasteiger partial charge on any atom is -0.481 e. The Labute approximate surface area is 141 Å². The molecule has 0 bridgehead atoms. The highest BCUT2D eigenvalue weighted by atomic mass is 32.2. The van der Waals surface area contributed by atoms with E-state index in [2.05, 4.69) is 10.6 Å². The minimum atomic E-state index is -3.25. The first-order chi connectivity index (χ1) is 11.3. The van der Waals surface area contributed by atoms with Gasteiger partial charge in [-0.2, -0.15) is 0 Å². The third-order valence-electron chi connectivity index (χ3n) is 4.26. The molecule has 3 N–H and O–H groups in total. The third-order valence-corrected chi connectivity index (χ3v) is 6.01. The van der Waals surface area contributed by atoms with Crippen molar-refractivity contribution in [3.8, 4) is 0 Å². The molecule has 0 heterocycles. The van der Waals surface area contributed by atoms with Crippen molar-refractivity contribution in [3.63, 3.8) is 0 Å². The Hall–Kier alpha value is -2.09. The number of aliphatic carboxylic acids is 1. The highest BCUT2D eigenvalue weighted by molar-refractivity contribution is 7.91. The van der Waals surface area contributed by atoms with E-state index in [1.54, 1.807) is 19.1 Å². The second-order valence-electron chi connectivity index (χ2n) is 5.91. The average molecular weight is 354 g/mol. The normalized spacial score (nSPS) is 21.0. The van der Waals surface area contributed by atoms with Crippen LogP contribution in [-0.4, -0.2) is 37.3 Å². The Morgan fingerprint density at radius 2 is 1.71 bits per heavy atom. The molecule has 1 aliphatic carbocycles. The number of urea groups is 1. The van der Waals surface area contributed by atoms with E-state index in [4.69, 9.17) is 5.11 Å². The van der Waals surface area contributed by atoms with E-state index in [1.165, 1.54) is 12.1 Å². The quantitative estimate of drug-likeness (QED) is 0.750. The maximum Gasteiger partial charge on any atom is 0.319 e. The van der Waals surface area contributed by atoms with Gasteiger partial charge in [-0.1, -0.05) is 6.92 Å². The lowest BCUT2D eigenvalue weighted by Crippen LogP contribution is -2.40. The van der Waals surface area contributed by atoms with Crippen molar-refractivity contribution in [2.45, 2.75) is 43.5 Å². The number of carboxylic acid groups (broad SMARTS) is 1. The van der Waals surface area contributed by atoms with E-state index in [-0.39, 0.29) is 28.6 Å². The fourth-order valence-corrected chi connectivity index (χ4v) is 3.63. The molecule has 24 heavy (non-hydrogen) atoms. The summed E-state index contributed by atoms with van der Waals surface area (Å²) in [7, 11) is -3.25. The summed E-state index contributed by atoms with van der Waals surface area (Å²) in [5.74, 6) is -1.07. The summed E-state index contributed by atoms with van der Waals surface area (Å²) >= 11 is 0. The van der Waals surface area contributed by atoms with Crippen LogP contribution in [0.15, 0.2) is 29.2 Å². The summed E-state index contributed by atoms with van der Waals surface area (Å²) in [5.41, 5.74) is 0.502. The first-order valence-electron chi connectivity index (χ1n) is 7.95. The molecule has 0 radical (unpaired) electrons. The van der Waals surface area contributed by atoms with Crippen molar-refractivity contribution in [2.75, 3.05) is 11.1 Å².